The van der Waals surface area contributed by atoms with Crippen LogP contribution in [-0.4, -0.2) is 20.4 Å². The van der Waals surface area contributed by atoms with Gasteiger partial charge in [-0.25, -0.2) is 4.98 Å². The molecule has 0 aliphatic heterocycles. The normalized spacial score (nSPS) is 10.6. The van der Waals surface area contributed by atoms with Gasteiger partial charge in [-0.1, -0.05) is 0 Å². The zero-order valence-electron chi connectivity index (χ0n) is 17.0. The van der Waals surface area contributed by atoms with Gasteiger partial charge in [0.2, 0.25) is 0 Å². The summed E-state index contributed by atoms with van der Waals surface area (Å²) >= 11 is 1.54. The monoisotopic (exact) mass is 437 g/mol. The lowest BCUT2D eigenvalue weighted by atomic mass is 10.2. The van der Waals surface area contributed by atoms with Crippen molar-refractivity contribution >= 4 is 33.8 Å². The van der Waals surface area contributed by atoms with Crippen molar-refractivity contribution in [3.8, 4) is 16.9 Å². The van der Waals surface area contributed by atoms with Gasteiger partial charge < -0.3 is 15.2 Å². The number of rotatable bonds is 6. The number of benzene rings is 2. The molecule has 0 saturated heterocycles. The number of thiazole rings is 1. The van der Waals surface area contributed by atoms with Gasteiger partial charge >= 0.3 is 0 Å². The first kappa shape index (κ1) is 19.7. The van der Waals surface area contributed by atoms with E-state index < -0.39 is 0 Å². The first-order valence-electron chi connectivity index (χ1n) is 10.0. The molecule has 2 aromatic carbocycles. The molecule has 0 atom stereocenters. The van der Waals surface area contributed by atoms with Gasteiger partial charge in [-0.05, 0) is 72.8 Å². The molecule has 0 radical (unpaired) electrons. The van der Waals surface area contributed by atoms with E-state index in [0.717, 1.165) is 33.5 Å². The number of nitrogens with zero attached hydrogens (tertiary/aromatic N) is 3. The van der Waals surface area contributed by atoms with Crippen LogP contribution in [0.2, 0.25) is 0 Å². The SMILES string of the molecule is O=C(Nc1ccc(Nc2nc(-c3ccncc3)cs2)cc1)c1ccc(-n2cccc2)cc1. The highest BCUT2D eigenvalue weighted by Gasteiger charge is 2.08. The van der Waals surface area contributed by atoms with E-state index in [1.807, 2.05) is 95.1 Å². The second-order valence-electron chi connectivity index (χ2n) is 7.07. The molecule has 32 heavy (non-hydrogen) atoms. The van der Waals surface area contributed by atoms with Gasteiger partial charge in [-0.2, -0.15) is 0 Å². The van der Waals surface area contributed by atoms with Gasteiger partial charge in [0, 0.05) is 58.4 Å². The van der Waals surface area contributed by atoms with Gasteiger partial charge in [0.15, 0.2) is 5.13 Å². The average Bonchev–Trinajstić information content (AvgIpc) is 3.54. The smallest absolute Gasteiger partial charge is 0.255 e. The van der Waals surface area contributed by atoms with Crippen LogP contribution in [0, 0.1) is 0 Å². The summed E-state index contributed by atoms with van der Waals surface area (Å²) in [4.78, 5) is 21.2. The Kier molecular flexibility index (Phi) is 5.47. The fraction of sp³-hybridized carbons (Fsp3) is 0. The molecule has 0 aliphatic rings. The van der Waals surface area contributed by atoms with Gasteiger partial charge in [-0.15, -0.1) is 11.3 Å². The van der Waals surface area contributed by atoms with Crippen molar-refractivity contribution in [1.29, 1.82) is 0 Å². The highest BCUT2D eigenvalue weighted by atomic mass is 32.1. The van der Waals surface area contributed by atoms with E-state index in [1.54, 1.807) is 12.4 Å². The highest BCUT2D eigenvalue weighted by molar-refractivity contribution is 7.14. The fourth-order valence-corrected chi connectivity index (χ4v) is 3.98. The minimum absolute atomic E-state index is 0.147. The summed E-state index contributed by atoms with van der Waals surface area (Å²) in [5, 5.41) is 9.05. The van der Waals surface area contributed by atoms with E-state index in [0.29, 0.717) is 5.56 Å². The molecule has 5 aromatic rings. The molecule has 0 aliphatic carbocycles. The second-order valence-corrected chi connectivity index (χ2v) is 7.93. The van der Waals surface area contributed by atoms with Crippen LogP contribution < -0.4 is 10.6 Å². The summed E-state index contributed by atoms with van der Waals surface area (Å²) in [6.45, 7) is 0. The molecule has 0 spiro atoms. The van der Waals surface area contributed by atoms with Crippen LogP contribution in [0.4, 0.5) is 16.5 Å². The maximum absolute atomic E-state index is 12.6. The molecular weight excluding hydrogens is 418 g/mol. The predicted octanol–water partition coefficient (Wildman–Crippen LogP) is 5.99. The highest BCUT2D eigenvalue weighted by Crippen LogP contribution is 2.27. The standard InChI is InChI=1S/C25H19N5OS/c31-24(19-3-9-22(10-4-19)30-15-1-2-16-30)27-20-5-7-21(8-6-20)28-25-29-23(17-32-25)18-11-13-26-14-12-18/h1-17H,(H,27,31)(H,28,29). The first-order chi connectivity index (χ1) is 15.7. The molecule has 2 N–H and O–H groups in total. The van der Waals surface area contributed by atoms with Crippen molar-refractivity contribution in [3.05, 3.63) is 109 Å². The molecule has 3 aromatic heterocycles. The predicted molar refractivity (Wildman–Crippen MR) is 129 cm³/mol. The summed E-state index contributed by atoms with van der Waals surface area (Å²) in [7, 11) is 0. The molecule has 0 bridgehead atoms. The largest absolute Gasteiger partial charge is 0.332 e. The Labute approximate surface area is 189 Å². The van der Waals surface area contributed by atoms with Crippen LogP contribution in [0.1, 0.15) is 10.4 Å². The lowest BCUT2D eigenvalue weighted by Crippen LogP contribution is -2.11. The van der Waals surface area contributed by atoms with Crippen LogP contribution in [-0.2, 0) is 0 Å². The van der Waals surface area contributed by atoms with Gasteiger partial charge in [0.1, 0.15) is 0 Å². The number of amides is 1. The second kappa shape index (κ2) is 8.87. The zero-order chi connectivity index (χ0) is 21.8. The van der Waals surface area contributed by atoms with Gasteiger partial charge in [0.25, 0.3) is 5.91 Å². The number of carbonyl (C=O) groups is 1. The van der Waals surface area contributed by atoms with Crippen molar-refractivity contribution in [2.75, 3.05) is 10.6 Å². The molecule has 3 heterocycles. The van der Waals surface area contributed by atoms with Crippen molar-refractivity contribution in [2.45, 2.75) is 0 Å². The molecule has 7 heteroatoms. The summed E-state index contributed by atoms with van der Waals surface area (Å²) in [6, 6.07) is 22.9. The van der Waals surface area contributed by atoms with Gasteiger partial charge in [-0.3, -0.25) is 9.78 Å². The van der Waals surface area contributed by atoms with Crippen LogP contribution in [0.3, 0.4) is 0 Å². The number of carbonyl (C=O) groups excluding carboxylic acids is 1. The van der Waals surface area contributed by atoms with Crippen LogP contribution >= 0.6 is 11.3 Å². The maximum atomic E-state index is 12.6. The van der Waals surface area contributed by atoms with Crippen LogP contribution in [0.5, 0.6) is 0 Å². The van der Waals surface area contributed by atoms with Crippen LogP contribution in [0.15, 0.2) is 103 Å². The number of pyridine rings is 1. The quantitative estimate of drug-likeness (QED) is 0.342. The average molecular weight is 438 g/mol. The number of hydrogen-bond donors (Lipinski definition) is 2. The van der Waals surface area contributed by atoms with E-state index in [1.165, 1.54) is 11.3 Å². The molecule has 6 nitrogen and oxygen atoms in total. The number of hydrogen-bond acceptors (Lipinski definition) is 5. The zero-order valence-corrected chi connectivity index (χ0v) is 17.8. The van der Waals surface area contributed by atoms with Crippen molar-refractivity contribution < 1.29 is 4.79 Å². The Hall–Kier alpha value is -4.23. The molecular formula is C25H19N5OS. The minimum Gasteiger partial charge on any atom is -0.332 e. The molecule has 0 fully saturated rings. The summed E-state index contributed by atoms with van der Waals surface area (Å²) in [6.07, 6.45) is 7.45. The third-order valence-corrected chi connectivity index (χ3v) is 5.66. The van der Waals surface area contributed by atoms with E-state index in [-0.39, 0.29) is 5.91 Å². The summed E-state index contributed by atoms with van der Waals surface area (Å²) < 4.78 is 2.00. The van der Waals surface area contributed by atoms with E-state index in [4.69, 9.17) is 0 Å². The van der Waals surface area contributed by atoms with Crippen molar-refractivity contribution in [3.63, 3.8) is 0 Å². The Bertz CT molecular complexity index is 1310. The lowest BCUT2D eigenvalue weighted by molar-refractivity contribution is 0.102. The van der Waals surface area contributed by atoms with E-state index >= 15 is 0 Å². The molecule has 1 amide bonds. The van der Waals surface area contributed by atoms with E-state index in [9.17, 15) is 4.79 Å². The summed E-state index contributed by atoms with van der Waals surface area (Å²) in [5.74, 6) is -0.147. The number of aromatic nitrogens is 3. The molecule has 0 unspecified atom stereocenters. The van der Waals surface area contributed by atoms with Crippen molar-refractivity contribution in [1.82, 2.24) is 14.5 Å². The summed E-state index contributed by atoms with van der Waals surface area (Å²) in [5.41, 5.74) is 5.18. The topological polar surface area (TPSA) is 71.8 Å². The Morgan fingerprint density at radius 1 is 0.844 bits per heavy atom. The van der Waals surface area contributed by atoms with E-state index in [2.05, 4.69) is 20.6 Å². The lowest BCUT2D eigenvalue weighted by Gasteiger charge is -2.08. The van der Waals surface area contributed by atoms with Crippen LogP contribution in [0.25, 0.3) is 16.9 Å². The Balaban J connectivity index is 1.21. The molecule has 156 valence electrons. The fourth-order valence-electron chi connectivity index (χ4n) is 3.24. The Morgan fingerprint density at radius 3 is 2.25 bits per heavy atom. The molecule has 0 saturated carbocycles. The Morgan fingerprint density at radius 2 is 1.53 bits per heavy atom. The van der Waals surface area contributed by atoms with Crippen molar-refractivity contribution in [2.24, 2.45) is 0 Å². The number of nitrogens with one attached hydrogen (secondary N) is 2. The third-order valence-electron chi connectivity index (χ3n) is 4.91. The first-order valence-corrected chi connectivity index (χ1v) is 10.9. The number of anilines is 3. The maximum Gasteiger partial charge on any atom is 0.255 e. The molecule has 5 rings (SSSR count). The third kappa shape index (κ3) is 4.43. The van der Waals surface area contributed by atoms with Gasteiger partial charge in [0.05, 0.1) is 5.69 Å². The minimum atomic E-state index is -0.147.